The molecular formula is C9H18O2. The first kappa shape index (κ1) is 9.01. The molecule has 1 aliphatic carbocycles. The molecule has 0 aromatic carbocycles. The van der Waals surface area contributed by atoms with E-state index in [-0.39, 0.29) is 12.2 Å². The second-order valence-electron chi connectivity index (χ2n) is 3.26. The number of aliphatic hydroxyl groups is 1. The molecule has 2 atom stereocenters. The van der Waals surface area contributed by atoms with Gasteiger partial charge in [0, 0.05) is 6.61 Å². The molecule has 2 nitrogen and oxygen atoms in total. The fourth-order valence-electron chi connectivity index (χ4n) is 1.54. The third kappa shape index (κ3) is 2.80. The zero-order valence-electron chi connectivity index (χ0n) is 7.25. The molecule has 0 spiro atoms. The van der Waals surface area contributed by atoms with Crippen LogP contribution >= 0.6 is 0 Å². The Morgan fingerprint density at radius 2 is 2.09 bits per heavy atom. The molecule has 2 heteroatoms. The molecule has 0 aromatic heterocycles. The van der Waals surface area contributed by atoms with Gasteiger partial charge in [0.15, 0.2) is 0 Å². The molecule has 1 fully saturated rings. The second kappa shape index (κ2) is 4.73. The van der Waals surface area contributed by atoms with Gasteiger partial charge >= 0.3 is 0 Å². The first-order valence-corrected chi connectivity index (χ1v) is 4.64. The predicted octanol–water partition coefficient (Wildman–Crippen LogP) is 1.72. The smallest absolute Gasteiger partial charge is 0.0833 e. The lowest BCUT2D eigenvalue weighted by molar-refractivity contribution is -0.0582. The summed E-state index contributed by atoms with van der Waals surface area (Å²) in [6.07, 6.45) is 5.32. The van der Waals surface area contributed by atoms with Gasteiger partial charge in [-0.2, -0.15) is 0 Å². The van der Waals surface area contributed by atoms with Gasteiger partial charge in [-0.25, -0.2) is 0 Å². The van der Waals surface area contributed by atoms with Crippen LogP contribution in [-0.4, -0.2) is 23.9 Å². The van der Waals surface area contributed by atoms with Crippen LogP contribution in [0.4, 0.5) is 0 Å². The van der Waals surface area contributed by atoms with Crippen molar-refractivity contribution >= 4 is 0 Å². The Morgan fingerprint density at radius 1 is 1.36 bits per heavy atom. The molecule has 11 heavy (non-hydrogen) atoms. The van der Waals surface area contributed by atoms with Crippen LogP contribution in [-0.2, 0) is 4.74 Å². The lowest BCUT2D eigenvalue weighted by Gasteiger charge is -2.27. The predicted molar refractivity (Wildman–Crippen MR) is 44.5 cm³/mol. The van der Waals surface area contributed by atoms with Crippen LogP contribution in [0.3, 0.4) is 0 Å². The first-order chi connectivity index (χ1) is 5.34. The monoisotopic (exact) mass is 158 g/mol. The van der Waals surface area contributed by atoms with E-state index in [1.165, 1.54) is 6.42 Å². The van der Waals surface area contributed by atoms with Crippen LogP contribution < -0.4 is 0 Å². The van der Waals surface area contributed by atoms with Gasteiger partial charge in [0.05, 0.1) is 12.2 Å². The summed E-state index contributed by atoms with van der Waals surface area (Å²) in [7, 11) is 0. The normalized spacial score (nSPS) is 32.2. The number of hydrogen-bond acceptors (Lipinski definition) is 2. The first-order valence-electron chi connectivity index (χ1n) is 4.64. The lowest BCUT2D eigenvalue weighted by Crippen LogP contribution is -2.32. The molecule has 0 saturated heterocycles. The molecule has 1 rings (SSSR count). The Labute approximate surface area is 68.6 Å². The highest BCUT2D eigenvalue weighted by atomic mass is 16.5. The minimum Gasteiger partial charge on any atom is -0.390 e. The van der Waals surface area contributed by atoms with E-state index >= 15 is 0 Å². The zero-order chi connectivity index (χ0) is 8.10. The average Bonchev–Trinajstić information content (AvgIpc) is 2.03. The van der Waals surface area contributed by atoms with Gasteiger partial charge < -0.3 is 9.84 Å². The SMILES string of the molecule is CCCO[C@@H]1CCCC[C@H]1O. The van der Waals surface area contributed by atoms with Gasteiger partial charge in [-0.1, -0.05) is 19.8 Å². The van der Waals surface area contributed by atoms with Gasteiger partial charge in [0.25, 0.3) is 0 Å². The van der Waals surface area contributed by atoms with E-state index in [1.807, 2.05) is 0 Å². The van der Waals surface area contributed by atoms with Crippen molar-refractivity contribution in [2.24, 2.45) is 0 Å². The van der Waals surface area contributed by atoms with Crippen molar-refractivity contribution in [3.8, 4) is 0 Å². The molecule has 0 aliphatic heterocycles. The Bertz CT molecular complexity index is 104. The number of ether oxygens (including phenoxy) is 1. The van der Waals surface area contributed by atoms with Crippen LogP contribution in [0.2, 0.25) is 0 Å². The van der Waals surface area contributed by atoms with Crippen molar-refractivity contribution in [1.29, 1.82) is 0 Å². The van der Waals surface area contributed by atoms with E-state index in [9.17, 15) is 5.11 Å². The lowest BCUT2D eigenvalue weighted by atomic mass is 9.95. The van der Waals surface area contributed by atoms with E-state index in [0.29, 0.717) is 0 Å². The van der Waals surface area contributed by atoms with Crippen molar-refractivity contribution in [3.63, 3.8) is 0 Å². The van der Waals surface area contributed by atoms with Gasteiger partial charge in [0.2, 0.25) is 0 Å². The van der Waals surface area contributed by atoms with Crippen molar-refractivity contribution in [2.75, 3.05) is 6.61 Å². The maximum absolute atomic E-state index is 9.47. The van der Waals surface area contributed by atoms with Crippen LogP contribution in [0.1, 0.15) is 39.0 Å². The summed E-state index contributed by atoms with van der Waals surface area (Å²) in [6.45, 7) is 2.89. The summed E-state index contributed by atoms with van der Waals surface area (Å²) in [5.41, 5.74) is 0. The quantitative estimate of drug-likeness (QED) is 0.677. The average molecular weight is 158 g/mol. The molecule has 0 amide bonds. The summed E-state index contributed by atoms with van der Waals surface area (Å²) in [5, 5.41) is 9.47. The van der Waals surface area contributed by atoms with Crippen LogP contribution in [0, 0.1) is 0 Å². The summed E-state index contributed by atoms with van der Waals surface area (Å²) in [5.74, 6) is 0. The Balaban J connectivity index is 2.18. The summed E-state index contributed by atoms with van der Waals surface area (Å²) in [6, 6.07) is 0. The van der Waals surface area contributed by atoms with Gasteiger partial charge in [0.1, 0.15) is 0 Å². The van der Waals surface area contributed by atoms with Gasteiger partial charge in [-0.15, -0.1) is 0 Å². The number of rotatable bonds is 3. The largest absolute Gasteiger partial charge is 0.390 e. The van der Waals surface area contributed by atoms with E-state index < -0.39 is 0 Å². The van der Waals surface area contributed by atoms with Crippen LogP contribution in [0.25, 0.3) is 0 Å². The minimum absolute atomic E-state index is 0.128. The minimum atomic E-state index is -0.199. The fraction of sp³-hybridized carbons (Fsp3) is 1.00. The molecule has 0 unspecified atom stereocenters. The van der Waals surface area contributed by atoms with Crippen molar-refractivity contribution in [3.05, 3.63) is 0 Å². The molecule has 66 valence electrons. The van der Waals surface area contributed by atoms with Crippen LogP contribution in [0.15, 0.2) is 0 Å². The van der Waals surface area contributed by atoms with E-state index in [0.717, 1.165) is 32.3 Å². The fourth-order valence-corrected chi connectivity index (χ4v) is 1.54. The molecule has 1 saturated carbocycles. The Kier molecular flexibility index (Phi) is 3.87. The molecule has 0 aromatic rings. The summed E-state index contributed by atoms with van der Waals surface area (Å²) < 4.78 is 5.49. The van der Waals surface area contributed by atoms with Crippen LogP contribution in [0.5, 0.6) is 0 Å². The van der Waals surface area contributed by atoms with Gasteiger partial charge in [-0.05, 0) is 19.3 Å². The highest BCUT2D eigenvalue weighted by molar-refractivity contribution is 4.74. The third-order valence-electron chi connectivity index (χ3n) is 2.20. The maximum Gasteiger partial charge on any atom is 0.0833 e. The van der Waals surface area contributed by atoms with E-state index in [2.05, 4.69) is 6.92 Å². The molecule has 0 heterocycles. The second-order valence-corrected chi connectivity index (χ2v) is 3.26. The topological polar surface area (TPSA) is 29.5 Å². The molecule has 0 radical (unpaired) electrons. The Morgan fingerprint density at radius 3 is 2.73 bits per heavy atom. The highest BCUT2D eigenvalue weighted by Crippen LogP contribution is 2.20. The zero-order valence-corrected chi connectivity index (χ0v) is 7.25. The molecule has 0 bridgehead atoms. The molecule has 1 N–H and O–H groups in total. The number of hydrogen-bond donors (Lipinski definition) is 1. The van der Waals surface area contributed by atoms with Crippen molar-refractivity contribution in [2.45, 2.75) is 51.2 Å². The van der Waals surface area contributed by atoms with Crippen molar-refractivity contribution in [1.82, 2.24) is 0 Å². The maximum atomic E-state index is 9.47. The standard InChI is InChI=1S/C9H18O2/c1-2-7-11-9-6-4-3-5-8(9)10/h8-10H,2-7H2,1H3/t8-,9-/m1/s1. The molecule has 1 aliphatic rings. The summed E-state index contributed by atoms with van der Waals surface area (Å²) >= 11 is 0. The van der Waals surface area contributed by atoms with Gasteiger partial charge in [-0.3, -0.25) is 0 Å². The van der Waals surface area contributed by atoms with E-state index in [1.54, 1.807) is 0 Å². The number of aliphatic hydroxyl groups excluding tert-OH is 1. The third-order valence-corrected chi connectivity index (χ3v) is 2.20. The molecular weight excluding hydrogens is 140 g/mol. The summed E-state index contributed by atoms with van der Waals surface area (Å²) in [4.78, 5) is 0. The van der Waals surface area contributed by atoms with Crippen molar-refractivity contribution < 1.29 is 9.84 Å². The van der Waals surface area contributed by atoms with E-state index in [4.69, 9.17) is 4.74 Å². The Hall–Kier alpha value is -0.0800. The highest BCUT2D eigenvalue weighted by Gasteiger charge is 2.22.